The van der Waals surface area contributed by atoms with Gasteiger partial charge in [0.05, 0.1) is 6.54 Å². The molecule has 0 aromatic rings. The van der Waals surface area contributed by atoms with Crippen LogP contribution in [0.3, 0.4) is 0 Å². The predicted octanol–water partition coefficient (Wildman–Crippen LogP) is 3.18. The maximum absolute atomic E-state index is 12.5. The third kappa shape index (κ3) is 5.30. The van der Waals surface area contributed by atoms with Crippen LogP contribution in [0.4, 0.5) is 13.2 Å². The standard InChI is InChI=1S/C14H25F3N2/c1-11-4-2-3-5-13(11)18-8-9-19(12-6-7-12)10-14(15,16)17/h11-13,18H,2-10H2,1H3. The minimum Gasteiger partial charge on any atom is -0.312 e. The molecule has 2 aliphatic carbocycles. The fourth-order valence-corrected chi connectivity index (χ4v) is 3.07. The van der Waals surface area contributed by atoms with E-state index in [1.165, 1.54) is 25.7 Å². The van der Waals surface area contributed by atoms with Crippen LogP contribution < -0.4 is 5.32 Å². The van der Waals surface area contributed by atoms with E-state index in [9.17, 15) is 13.2 Å². The number of nitrogens with one attached hydrogen (secondary N) is 1. The van der Waals surface area contributed by atoms with Gasteiger partial charge in [0.25, 0.3) is 0 Å². The zero-order valence-corrected chi connectivity index (χ0v) is 11.7. The van der Waals surface area contributed by atoms with E-state index in [0.717, 1.165) is 12.8 Å². The Morgan fingerprint density at radius 3 is 2.37 bits per heavy atom. The highest BCUT2D eigenvalue weighted by molar-refractivity contribution is 4.86. The van der Waals surface area contributed by atoms with Crippen molar-refractivity contribution in [3.8, 4) is 0 Å². The summed E-state index contributed by atoms with van der Waals surface area (Å²) >= 11 is 0. The molecule has 0 aliphatic heterocycles. The molecule has 2 atom stereocenters. The highest BCUT2D eigenvalue weighted by Crippen LogP contribution is 2.29. The van der Waals surface area contributed by atoms with Gasteiger partial charge >= 0.3 is 6.18 Å². The van der Waals surface area contributed by atoms with Crippen LogP contribution in [-0.2, 0) is 0 Å². The normalized spacial score (nSPS) is 28.9. The molecule has 0 aromatic carbocycles. The number of hydrogen-bond acceptors (Lipinski definition) is 2. The largest absolute Gasteiger partial charge is 0.401 e. The van der Waals surface area contributed by atoms with Crippen LogP contribution in [-0.4, -0.2) is 42.8 Å². The van der Waals surface area contributed by atoms with Crippen molar-refractivity contribution >= 4 is 0 Å². The van der Waals surface area contributed by atoms with Crippen LogP contribution in [0.25, 0.3) is 0 Å². The highest BCUT2D eigenvalue weighted by atomic mass is 19.4. The summed E-state index contributed by atoms with van der Waals surface area (Å²) in [6, 6.07) is 0.674. The first-order chi connectivity index (χ1) is 8.96. The van der Waals surface area contributed by atoms with Crippen LogP contribution in [0.15, 0.2) is 0 Å². The lowest BCUT2D eigenvalue weighted by Crippen LogP contribution is -2.44. The molecule has 0 radical (unpaired) electrons. The zero-order chi connectivity index (χ0) is 13.9. The summed E-state index contributed by atoms with van der Waals surface area (Å²) in [6.07, 6.45) is 2.74. The van der Waals surface area contributed by atoms with Crippen molar-refractivity contribution in [3.63, 3.8) is 0 Å². The average Bonchev–Trinajstić information content (AvgIpc) is 3.12. The molecular weight excluding hydrogens is 253 g/mol. The van der Waals surface area contributed by atoms with Gasteiger partial charge in [-0.3, -0.25) is 4.90 Å². The Balaban J connectivity index is 1.70. The molecule has 2 nitrogen and oxygen atoms in total. The van der Waals surface area contributed by atoms with Crippen molar-refractivity contribution < 1.29 is 13.2 Å². The Labute approximate surface area is 113 Å². The number of rotatable bonds is 6. The van der Waals surface area contributed by atoms with E-state index >= 15 is 0 Å². The molecule has 2 saturated carbocycles. The van der Waals surface area contributed by atoms with Crippen molar-refractivity contribution in [2.75, 3.05) is 19.6 Å². The second kappa shape index (κ2) is 6.44. The number of halogens is 3. The van der Waals surface area contributed by atoms with Crippen molar-refractivity contribution in [2.24, 2.45) is 5.92 Å². The summed E-state index contributed by atoms with van der Waals surface area (Å²) in [6.45, 7) is 2.69. The molecule has 0 aromatic heterocycles. The Kier molecular flexibility index (Phi) is 5.12. The van der Waals surface area contributed by atoms with E-state index in [-0.39, 0.29) is 6.04 Å². The molecule has 2 aliphatic rings. The lowest BCUT2D eigenvalue weighted by molar-refractivity contribution is -0.147. The molecule has 0 heterocycles. The molecule has 0 bridgehead atoms. The molecule has 2 fully saturated rings. The topological polar surface area (TPSA) is 15.3 Å². The third-order valence-electron chi connectivity index (χ3n) is 4.36. The maximum Gasteiger partial charge on any atom is 0.401 e. The second-order valence-corrected chi connectivity index (χ2v) is 6.14. The predicted molar refractivity (Wildman–Crippen MR) is 70.1 cm³/mol. The first kappa shape index (κ1) is 15.1. The van der Waals surface area contributed by atoms with Gasteiger partial charge in [-0.1, -0.05) is 19.8 Å². The number of alkyl halides is 3. The second-order valence-electron chi connectivity index (χ2n) is 6.14. The average molecular weight is 278 g/mol. The first-order valence-corrected chi connectivity index (χ1v) is 7.50. The quantitative estimate of drug-likeness (QED) is 0.803. The number of hydrogen-bond donors (Lipinski definition) is 1. The van der Waals surface area contributed by atoms with Crippen LogP contribution in [0, 0.1) is 5.92 Å². The fourth-order valence-electron chi connectivity index (χ4n) is 3.07. The van der Waals surface area contributed by atoms with Gasteiger partial charge in [-0.25, -0.2) is 0 Å². The van der Waals surface area contributed by atoms with Gasteiger partial charge in [0.2, 0.25) is 0 Å². The highest BCUT2D eigenvalue weighted by Gasteiger charge is 2.37. The molecule has 1 N–H and O–H groups in total. The van der Waals surface area contributed by atoms with Crippen molar-refractivity contribution in [1.29, 1.82) is 0 Å². The lowest BCUT2D eigenvalue weighted by Gasteiger charge is -2.31. The Morgan fingerprint density at radius 2 is 1.79 bits per heavy atom. The van der Waals surface area contributed by atoms with Crippen LogP contribution in [0.2, 0.25) is 0 Å². The fraction of sp³-hybridized carbons (Fsp3) is 1.00. The summed E-state index contributed by atoms with van der Waals surface area (Å²) in [5.74, 6) is 0.658. The molecule has 2 rings (SSSR count). The Morgan fingerprint density at radius 1 is 1.11 bits per heavy atom. The number of nitrogens with zero attached hydrogens (tertiary/aromatic N) is 1. The summed E-state index contributed by atoms with van der Waals surface area (Å²) in [7, 11) is 0. The van der Waals surface area contributed by atoms with Crippen molar-refractivity contribution in [2.45, 2.75) is 63.7 Å². The van der Waals surface area contributed by atoms with Gasteiger partial charge in [0.15, 0.2) is 0 Å². The van der Waals surface area contributed by atoms with Gasteiger partial charge in [-0.2, -0.15) is 13.2 Å². The zero-order valence-electron chi connectivity index (χ0n) is 11.7. The molecule has 2 unspecified atom stereocenters. The maximum atomic E-state index is 12.5. The van der Waals surface area contributed by atoms with Gasteiger partial charge < -0.3 is 5.32 Å². The third-order valence-corrected chi connectivity index (χ3v) is 4.36. The lowest BCUT2D eigenvalue weighted by atomic mass is 9.86. The SMILES string of the molecule is CC1CCCCC1NCCN(CC(F)(F)F)C1CC1. The van der Waals surface area contributed by atoms with Crippen LogP contribution in [0.1, 0.15) is 45.4 Å². The molecule has 112 valence electrons. The summed E-state index contributed by atoms with van der Waals surface area (Å²) in [5.41, 5.74) is 0. The van der Waals surface area contributed by atoms with E-state index in [1.807, 2.05) is 0 Å². The Bertz CT molecular complexity index is 276. The Hall–Kier alpha value is -0.290. The van der Waals surface area contributed by atoms with Crippen molar-refractivity contribution in [1.82, 2.24) is 10.2 Å². The molecule has 5 heteroatoms. The van der Waals surface area contributed by atoms with Gasteiger partial charge in [0, 0.05) is 25.2 Å². The van der Waals surface area contributed by atoms with Gasteiger partial charge in [-0.15, -0.1) is 0 Å². The smallest absolute Gasteiger partial charge is 0.312 e. The first-order valence-electron chi connectivity index (χ1n) is 7.50. The van der Waals surface area contributed by atoms with Gasteiger partial charge in [-0.05, 0) is 31.6 Å². The van der Waals surface area contributed by atoms with Gasteiger partial charge in [0.1, 0.15) is 0 Å². The van der Waals surface area contributed by atoms with E-state index in [0.29, 0.717) is 25.0 Å². The molecule has 0 amide bonds. The minimum atomic E-state index is -4.07. The van der Waals surface area contributed by atoms with E-state index in [1.54, 1.807) is 4.90 Å². The summed E-state index contributed by atoms with van der Waals surface area (Å²) < 4.78 is 37.4. The van der Waals surface area contributed by atoms with E-state index in [2.05, 4.69) is 12.2 Å². The monoisotopic (exact) mass is 278 g/mol. The van der Waals surface area contributed by atoms with E-state index < -0.39 is 12.7 Å². The van der Waals surface area contributed by atoms with Crippen molar-refractivity contribution in [3.05, 3.63) is 0 Å². The summed E-state index contributed by atoms with van der Waals surface area (Å²) in [4.78, 5) is 1.60. The van der Waals surface area contributed by atoms with Crippen LogP contribution in [0.5, 0.6) is 0 Å². The summed E-state index contributed by atoms with van der Waals surface area (Å²) in [5, 5.41) is 3.46. The van der Waals surface area contributed by atoms with Crippen LogP contribution >= 0.6 is 0 Å². The molecule has 19 heavy (non-hydrogen) atoms. The molecule has 0 saturated heterocycles. The molecule has 0 spiro atoms. The van der Waals surface area contributed by atoms with E-state index in [4.69, 9.17) is 0 Å². The minimum absolute atomic E-state index is 0.173. The molecular formula is C14H25F3N2.